The zero-order valence-corrected chi connectivity index (χ0v) is 20.1. The lowest BCUT2D eigenvalue weighted by Gasteiger charge is -2.36. The summed E-state index contributed by atoms with van der Waals surface area (Å²) >= 11 is 0. The van der Waals surface area contributed by atoms with Crippen molar-refractivity contribution in [3.05, 3.63) is 59.9 Å². The van der Waals surface area contributed by atoms with Crippen LogP contribution in [0.4, 0.5) is 4.39 Å². The second-order valence-corrected chi connectivity index (χ2v) is 9.03. The SMILES string of the molecule is COc1ccccc1C(C#N)(CCCN1CCN(CCOc2ccc(F)cc2)CC1)C(C)C. The molecule has 0 bridgehead atoms. The molecule has 0 aromatic heterocycles. The maximum atomic E-state index is 13.0. The quantitative estimate of drug-likeness (QED) is 0.492. The number of nitrogens with zero attached hydrogens (tertiary/aromatic N) is 3. The summed E-state index contributed by atoms with van der Waals surface area (Å²) in [7, 11) is 1.67. The number of piperazine rings is 1. The molecule has 0 aliphatic carbocycles. The molecular weight excluding hydrogens is 417 g/mol. The molecule has 0 radical (unpaired) electrons. The predicted octanol–water partition coefficient (Wildman–Crippen LogP) is 4.73. The highest BCUT2D eigenvalue weighted by Crippen LogP contribution is 2.41. The fraction of sp³-hybridized carbons (Fsp3) is 0.519. The first kappa shape index (κ1) is 25.0. The number of nitriles is 1. The summed E-state index contributed by atoms with van der Waals surface area (Å²) in [5.74, 6) is 1.44. The lowest BCUT2D eigenvalue weighted by molar-refractivity contribution is 0.114. The topological polar surface area (TPSA) is 48.7 Å². The second kappa shape index (κ2) is 12.0. The number of hydrogen-bond acceptors (Lipinski definition) is 5. The molecule has 1 fully saturated rings. The van der Waals surface area contributed by atoms with Gasteiger partial charge in [0.15, 0.2) is 0 Å². The van der Waals surface area contributed by atoms with Crippen molar-refractivity contribution < 1.29 is 13.9 Å². The van der Waals surface area contributed by atoms with Crippen LogP contribution >= 0.6 is 0 Å². The Kier molecular flexibility index (Phi) is 9.11. The Morgan fingerprint density at radius 1 is 1.00 bits per heavy atom. The fourth-order valence-corrected chi connectivity index (χ4v) is 4.63. The van der Waals surface area contributed by atoms with Crippen molar-refractivity contribution in [3.63, 3.8) is 0 Å². The Morgan fingerprint density at radius 3 is 2.24 bits per heavy atom. The molecule has 5 nitrogen and oxygen atoms in total. The van der Waals surface area contributed by atoms with Crippen molar-refractivity contribution in [2.45, 2.75) is 32.1 Å². The van der Waals surface area contributed by atoms with E-state index in [9.17, 15) is 9.65 Å². The minimum atomic E-state index is -0.549. The molecule has 1 atom stereocenters. The van der Waals surface area contributed by atoms with Crippen LogP contribution in [0.25, 0.3) is 0 Å². The maximum Gasteiger partial charge on any atom is 0.123 e. The van der Waals surface area contributed by atoms with E-state index < -0.39 is 5.41 Å². The van der Waals surface area contributed by atoms with E-state index in [0.717, 1.165) is 63.4 Å². The number of methoxy groups -OCH3 is 1. The van der Waals surface area contributed by atoms with E-state index in [1.165, 1.54) is 12.1 Å². The molecule has 178 valence electrons. The first-order valence-electron chi connectivity index (χ1n) is 11.9. The van der Waals surface area contributed by atoms with Gasteiger partial charge in [-0.1, -0.05) is 32.0 Å². The highest BCUT2D eigenvalue weighted by Gasteiger charge is 2.38. The third-order valence-electron chi connectivity index (χ3n) is 6.77. The zero-order valence-electron chi connectivity index (χ0n) is 20.1. The van der Waals surface area contributed by atoms with Crippen LogP contribution in [0.15, 0.2) is 48.5 Å². The first-order chi connectivity index (χ1) is 16.0. The number of halogens is 1. The summed E-state index contributed by atoms with van der Waals surface area (Å²) in [6.07, 6.45) is 1.78. The Balaban J connectivity index is 1.44. The van der Waals surface area contributed by atoms with Gasteiger partial charge in [-0.25, -0.2) is 4.39 Å². The number of para-hydroxylation sites is 1. The third kappa shape index (κ3) is 6.46. The van der Waals surface area contributed by atoms with Crippen LogP contribution in [0.2, 0.25) is 0 Å². The normalized spacial score (nSPS) is 16.8. The monoisotopic (exact) mass is 453 g/mol. The van der Waals surface area contributed by atoms with Crippen molar-refractivity contribution >= 4 is 0 Å². The molecule has 0 spiro atoms. The summed E-state index contributed by atoms with van der Waals surface area (Å²) in [6, 6.07) is 16.7. The van der Waals surface area contributed by atoms with Gasteiger partial charge in [-0.05, 0) is 55.6 Å². The van der Waals surface area contributed by atoms with Crippen LogP contribution in [0, 0.1) is 23.1 Å². The van der Waals surface area contributed by atoms with E-state index in [2.05, 4.69) is 29.7 Å². The van der Waals surface area contributed by atoms with Gasteiger partial charge in [0.1, 0.15) is 23.9 Å². The minimum absolute atomic E-state index is 0.191. The van der Waals surface area contributed by atoms with Crippen molar-refractivity contribution in [1.29, 1.82) is 5.26 Å². The molecule has 1 aliphatic heterocycles. The zero-order chi connectivity index (χ0) is 23.7. The van der Waals surface area contributed by atoms with Gasteiger partial charge in [-0.15, -0.1) is 0 Å². The van der Waals surface area contributed by atoms with Crippen LogP contribution in [-0.4, -0.2) is 62.8 Å². The predicted molar refractivity (Wildman–Crippen MR) is 129 cm³/mol. The molecule has 1 saturated heterocycles. The maximum absolute atomic E-state index is 13.0. The summed E-state index contributed by atoms with van der Waals surface area (Å²) in [6.45, 7) is 10.8. The van der Waals surface area contributed by atoms with Crippen LogP contribution in [0.5, 0.6) is 11.5 Å². The summed E-state index contributed by atoms with van der Waals surface area (Å²) in [5.41, 5.74) is 0.447. The van der Waals surface area contributed by atoms with Gasteiger partial charge in [0.2, 0.25) is 0 Å². The minimum Gasteiger partial charge on any atom is -0.496 e. The van der Waals surface area contributed by atoms with Gasteiger partial charge in [0, 0.05) is 38.3 Å². The first-order valence-corrected chi connectivity index (χ1v) is 11.9. The van der Waals surface area contributed by atoms with Crippen molar-refractivity contribution in [1.82, 2.24) is 9.80 Å². The average molecular weight is 454 g/mol. The van der Waals surface area contributed by atoms with E-state index in [1.807, 2.05) is 24.3 Å². The molecule has 6 heteroatoms. The molecule has 0 saturated carbocycles. The van der Waals surface area contributed by atoms with Crippen molar-refractivity contribution in [2.24, 2.45) is 5.92 Å². The molecule has 0 amide bonds. The van der Waals surface area contributed by atoms with Crippen molar-refractivity contribution in [2.75, 3.05) is 53.0 Å². The number of ether oxygens (including phenoxy) is 2. The molecule has 1 heterocycles. The fourth-order valence-electron chi connectivity index (χ4n) is 4.63. The summed E-state index contributed by atoms with van der Waals surface area (Å²) in [4.78, 5) is 4.89. The van der Waals surface area contributed by atoms with E-state index in [0.29, 0.717) is 12.4 Å². The van der Waals surface area contributed by atoms with E-state index in [-0.39, 0.29) is 11.7 Å². The second-order valence-electron chi connectivity index (χ2n) is 9.03. The molecular formula is C27H36FN3O2. The molecule has 1 unspecified atom stereocenters. The van der Waals surface area contributed by atoms with Crippen LogP contribution in [0.3, 0.4) is 0 Å². The third-order valence-corrected chi connectivity index (χ3v) is 6.77. The largest absolute Gasteiger partial charge is 0.496 e. The van der Waals surface area contributed by atoms with Crippen molar-refractivity contribution in [3.8, 4) is 17.6 Å². The Hall–Kier alpha value is -2.62. The van der Waals surface area contributed by atoms with Gasteiger partial charge in [0.05, 0.1) is 18.6 Å². The van der Waals surface area contributed by atoms with Crippen LogP contribution < -0.4 is 9.47 Å². The van der Waals surface area contributed by atoms with Gasteiger partial charge < -0.3 is 14.4 Å². The number of rotatable bonds is 11. The average Bonchev–Trinajstić information content (AvgIpc) is 2.84. The van der Waals surface area contributed by atoms with E-state index in [1.54, 1.807) is 19.2 Å². The summed E-state index contributed by atoms with van der Waals surface area (Å²) < 4.78 is 24.3. The van der Waals surface area contributed by atoms with Gasteiger partial charge in [0.25, 0.3) is 0 Å². The molecule has 0 N–H and O–H groups in total. The highest BCUT2D eigenvalue weighted by atomic mass is 19.1. The van der Waals surface area contributed by atoms with Gasteiger partial charge in [-0.3, -0.25) is 4.90 Å². The number of hydrogen-bond donors (Lipinski definition) is 0. The number of benzene rings is 2. The van der Waals surface area contributed by atoms with Gasteiger partial charge in [-0.2, -0.15) is 5.26 Å². The molecule has 33 heavy (non-hydrogen) atoms. The molecule has 3 rings (SSSR count). The lowest BCUT2D eigenvalue weighted by atomic mass is 9.69. The van der Waals surface area contributed by atoms with E-state index in [4.69, 9.17) is 9.47 Å². The van der Waals surface area contributed by atoms with Crippen LogP contribution in [-0.2, 0) is 5.41 Å². The smallest absolute Gasteiger partial charge is 0.123 e. The molecule has 2 aromatic carbocycles. The lowest BCUT2D eigenvalue weighted by Crippen LogP contribution is -2.47. The van der Waals surface area contributed by atoms with Crippen LogP contribution in [0.1, 0.15) is 32.3 Å². The Morgan fingerprint density at radius 2 is 1.64 bits per heavy atom. The highest BCUT2D eigenvalue weighted by molar-refractivity contribution is 5.44. The molecule has 1 aliphatic rings. The van der Waals surface area contributed by atoms with E-state index >= 15 is 0 Å². The van der Waals surface area contributed by atoms with Gasteiger partial charge >= 0.3 is 0 Å². The standard InChI is InChI=1S/C27H36FN3O2/c1-22(2)27(21-29,25-7-4-5-8-26(25)32-3)13-6-14-30-15-17-31(18-16-30)19-20-33-24-11-9-23(28)10-12-24/h4-5,7-12,22H,6,13-20H2,1-3H3. The Labute approximate surface area is 197 Å². The molecule has 2 aromatic rings. The Bertz CT molecular complexity index is 904. The summed E-state index contributed by atoms with van der Waals surface area (Å²) in [5, 5.41) is 10.2.